The van der Waals surface area contributed by atoms with Crippen LogP contribution in [0.5, 0.6) is 0 Å². The van der Waals surface area contributed by atoms with Crippen molar-refractivity contribution in [2.75, 3.05) is 18.0 Å². The normalized spacial score (nSPS) is 15.4. The summed E-state index contributed by atoms with van der Waals surface area (Å²) in [5.41, 5.74) is 0.546. The molecule has 3 heterocycles. The Morgan fingerprint density at radius 2 is 1.96 bits per heavy atom. The van der Waals surface area contributed by atoms with E-state index in [2.05, 4.69) is 25.2 Å². The SMILES string of the molecule is Cc1ccc(C(=O)NC2CCN(c3ncccn3)CC2)c(=O)[nH]1. The molecule has 0 aliphatic carbocycles. The number of pyridine rings is 1. The van der Waals surface area contributed by atoms with Crippen LogP contribution in [0.15, 0.2) is 35.4 Å². The molecule has 3 rings (SSSR count). The summed E-state index contributed by atoms with van der Waals surface area (Å²) in [5.74, 6) is 0.396. The van der Waals surface area contributed by atoms with E-state index >= 15 is 0 Å². The Kier molecular flexibility index (Phi) is 4.36. The smallest absolute Gasteiger partial charge is 0.260 e. The van der Waals surface area contributed by atoms with Crippen LogP contribution in [0.1, 0.15) is 28.9 Å². The van der Waals surface area contributed by atoms with Crippen molar-refractivity contribution in [3.63, 3.8) is 0 Å². The van der Waals surface area contributed by atoms with Gasteiger partial charge in [-0.05, 0) is 38.0 Å². The summed E-state index contributed by atoms with van der Waals surface area (Å²) in [4.78, 5) is 37.3. The lowest BCUT2D eigenvalue weighted by Gasteiger charge is -2.32. The largest absolute Gasteiger partial charge is 0.349 e. The van der Waals surface area contributed by atoms with Crippen molar-refractivity contribution in [3.8, 4) is 0 Å². The summed E-state index contributed by atoms with van der Waals surface area (Å²) in [5, 5.41) is 2.94. The molecule has 120 valence electrons. The fourth-order valence-electron chi connectivity index (χ4n) is 2.69. The maximum absolute atomic E-state index is 12.2. The van der Waals surface area contributed by atoms with Crippen LogP contribution in [-0.2, 0) is 0 Å². The molecule has 0 spiro atoms. The number of hydrogen-bond donors (Lipinski definition) is 2. The molecule has 1 aliphatic rings. The van der Waals surface area contributed by atoms with Crippen LogP contribution < -0.4 is 15.8 Å². The Bertz CT molecular complexity index is 736. The van der Waals surface area contributed by atoms with Crippen LogP contribution in [0.4, 0.5) is 5.95 Å². The molecule has 0 bridgehead atoms. The number of aromatic nitrogens is 3. The first-order chi connectivity index (χ1) is 11.1. The highest BCUT2D eigenvalue weighted by Crippen LogP contribution is 2.15. The number of nitrogens with zero attached hydrogens (tertiary/aromatic N) is 3. The standard InChI is InChI=1S/C16H19N5O2/c1-11-3-4-13(14(22)19-11)15(23)20-12-5-9-21(10-6-12)16-17-7-2-8-18-16/h2-4,7-8,12H,5-6,9-10H2,1H3,(H,19,22)(H,20,23). The number of H-pyrrole nitrogens is 1. The van der Waals surface area contributed by atoms with E-state index in [0.717, 1.165) is 31.6 Å². The molecule has 1 aliphatic heterocycles. The molecular weight excluding hydrogens is 294 g/mol. The van der Waals surface area contributed by atoms with Gasteiger partial charge < -0.3 is 15.2 Å². The average molecular weight is 313 g/mol. The number of aryl methyl sites for hydroxylation is 1. The maximum atomic E-state index is 12.2. The second-order valence-corrected chi connectivity index (χ2v) is 5.67. The fourth-order valence-corrected chi connectivity index (χ4v) is 2.69. The maximum Gasteiger partial charge on any atom is 0.260 e. The minimum atomic E-state index is -0.349. The van der Waals surface area contributed by atoms with Gasteiger partial charge in [0, 0.05) is 37.2 Å². The number of hydrogen-bond acceptors (Lipinski definition) is 5. The Morgan fingerprint density at radius 1 is 1.26 bits per heavy atom. The molecule has 0 radical (unpaired) electrons. The lowest BCUT2D eigenvalue weighted by atomic mass is 10.0. The zero-order valence-electron chi connectivity index (χ0n) is 13.0. The number of carbonyl (C=O) groups excluding carboxylic acids is 1. The molecule has 2 N–H and O–H groups in total. The van der Waals surface area contributed by atoms with Crippen LogP contribution in [0.2, 0.25) is 0 Å². The van der Waals surface area contributed by atoms with Crippen molar-refractivity contribution in [3.05, 3.63) is 52.2 Å². The van der Waals surface area contributed by atoms with Crippen molar-refractivity contribution < 1.29 is 4.79 Å². The van der Waals surface area contributed by atoms with Gasteiger partial charge in [-0.2, -0.15) is 0 Å². The van der Waals surface area contributed by atoms with Crippen molar-refractivity contribution in [1.29, 1.82) is 0 Å². The Morgan fingerprint density at radius 3 is 2.61 bits per heavy atom. The second kappa shape index (κ2) is 6.60. The number of aromatic amines is 1. The van der Waals surface area contributed by atoms with E-state index < -0.39 is 0 Å². The molecule has 1 fully saturated rings. The number of amides is 1. The summed E-state index contributed by atoms with van der Waals surface area (Å²) >= 11 is 0. The van der Waals surface area contributed by atoms with Crippen LogP contribution in [0.25, 0.3) is 0 Å². The van der Waals surface area contributed by atoms with E-state index in [0.29, 0.717) is 5.95 Å². The van der Waals surface area contributed by atoms with Crippen LogP contribution in [0, 0.1) is 6.92 Å². The number of rotatable bonds is 3. The summed E-state index contributed by atoms with van der Waals surface area (Å²) in [6.45, 7) is 3.34. The van der Waals surface area contributed by atoms with Gasteiger partial charge in [-0.1, -0.05) is 0 Å². The van der Waals surface area contributed by atoms with Gasteiger partial charge in [0.2, 0.25) is 5.95 Å². The van der Waals surface area contributed by atoms with Crippen LogP contribution in [-0.4, -0.2) is 40.0 Å². The Hall–Kier alpha value is -2.70. The predicted molar refractivity (Wildman–Crippen MR) is 86.5 cm³/mol. The summed E-state index contributed by atoms with van der Waals surface area (Å²) in [6, 6.07) is 5.14. The van der Waals surface area contributed by atoms with Gasteiger partial charge in [0.1, 0.15) is 5.56 Å². The van der Waals surface area contributed by atoms with Gasteiger partial charge in [0.05, 0.1) is 0 Å². The van der Waals surface area contributed by atoms with E-state index in [-0.39, 0.29) is 23.1 Å². The topological polar surface area (TPSA) is 91.0 Å². The van der Waals surface area contributed by atoms with Gasteiger partial charge in [-0.15, -0.1) is 0 Å². The number of piperidine rings is 1. The third kappa shape index (κ3) is 3.56. The first-order valence-electron chi connectivity index (χ1n) is 7.66. The minimum Gasteiger partial charge on any atom is -0.349 e. The molecule has 0 saturated carbocycles. The van der Waals surface area contributed by atoms with E-state index in [1.54, 1.807) is 37.5 Å². The molecule has 0 aromatic carbocycles. The van der Waals surface area contributed by atoms with Crippen molar-refractivity contribution >= 4 is 11.9 Å². The van der Waals surface area contributed by atoms with E-state index in [9.17, 15) is 9.59 Å². The molecule has 0 atom stereocenters. The zero-order chi connectivity index (χ0) is 16.2. The Balaban J connectivity index is 1.58. The highest BCUT2D eigenvalue weighted by Gasteiger charge is 2.23. The fraction of sp³-hybridized carbons (Fsp3) is 0.375. The molecule has 7 heteroatoms. The molecule has 23 heavy (non-hydrogen) atoms. The third-order valence-corrected chi connectivity index (χ3v) is 3.97. The van der Waals surface area contributed by atoms with Gasteiger partial charge >= 0.3 is 0 Å². The molecule has 7 nitrogen and oxygen atoms in total. The number of nitrogens with one attached hydrogen (secondary N) is 2. The lowest BCUT2D eigenvalue weighted by molar-refractivity contribution is 0.0929. The summed E-state index contributed by atoms with van der Waals surface area (Å²) in [7, 11) is 0. The predicted octanol–water partition coefficient (Wildman–Crippen LogP) is 0.872. The van der Waals surface area contributed by atoms with E-state index in [1.165, 1.54) is 0 Å². The quantitative estimate of drug-likeness (QED) is 0.877. The lowest BCUT2D eigenvalue weighted by Crippen LogP contribution is -2.46. The van der Waals surface area contributed by atoms with Crippen molar-refractivity contribution in [1.82, 2.24) is 20.3 Å². The number of carbonyl (C=O) groups is 1. The van der Waals surface area contributed by atoms with Crippen molar-refractivity contribution in [2.24, 2.45) is 0 Å². The van der Waals surface area contributed by atoms with Crippen LogP contribution in [0.3, 0.4) is 0 Å². The third-order valence-electron chi connectivity index (χ3n) is 3.97. The number of anilines is 1. The molecular formula is C16H19N5O2. The molecule has 0 unspecified atom stereocenters. The van der Waals surface area contributed by atoms with Gasteiger partial charge in [-0.3, -0.25) is 9.59 Å². The second-order valence-electron chi connectivity index (χ2n) is 5.67. The van der Waals surface area contributed by atoms with Gasteiger partial charge in [0.15, 0.2) is 0 Å². The monoisotopic (exact) mass is 313 g/mol. The minimum absolute atomic E-state index is 0.0585. The van der Waals surface area contributed by atoms with E-state index in [1.807, 2.05) is 0 Å². The van der Waals surface area contributed by atoms with Gasteiger partial charge in [-0.25, -0.2) is 9.97 Å². The molecule has 2 aromatic heterocycles. The van der Waals surface area contributed by atoms with E-state index in [4.69, 9.17) is 0 Å². The highest BCUT2D eigenvalue weighted by atomic mass is 16.2. The molecule has 1 saturated heterocycles. The van der Waals surface area contributed by atoms with Crippen LogP contribution >= 0.6 is 0 Å². The first-order valence-corrected chi connectivity index (χ1v) is 7.66. The summed E-state index contributed by atoms with van der Waals surface area (Å²) < 4.78 is 0. The zero-order valence-corrected chi connectivity index (χ0v) is 13.0. The van der Waals surface area contributed by atoms with Gasteiger partial charge in [0.25, 0.3) is 11.5 Å². The Labute approximate surface area is 133 Å². The average Bonchev–Trinajstić information content (AvgIpc) is 2.56. The molecule has 1 amide bonds. The molecule has 2 aromatic rings. The first kappa shape index (κ1) is 15.2. The summed E-state index contributed by atoms with van der Waals surface area (Å²) in [6.07, 6.45) is 5.04. The van der Waals surface area contributed by atoms with Crippen molar-refractivity contribution in [2.45, 2.75) is 25.8 Å². The highest BCUT2D eigenvalue weighted by molar-refractivity contribution is 5.94.